The third-order valence-corrected chi connectivity index (χ3v) is 6.27. The molecule has 0 fully saturated rings. The minimum atomic E-state index is -4.41. The van der Waals surface area contributed by atoms with Crippen LogP contribution in [0.4, 0.5) is 0 Å². The highest BCUT2D eigenvalue weighted by Crippen LogP contribution is 2.35. The molecule has 7 heteroatoms. The van der Waals surface area contributed by atoms with Crippen LogP contribution in [0.5, 0.6) is 5.75 Å². The third-order valence-electron chi connectivity index (χ3n) is 5.75. The Morgan fingerprint density at radius 1 is 0.848 bits per heavy atom. The van der Waals surface area contributed by atoms with Gasteiger partial charge in [-0.3, -0.25) is 4.52 Å². The summed E-state index contributed by atoms with van der Waals surface area (Å²) in [7, 11) is -2.70. The standard InChI is InChI=1S/C26H34NO5P/c1-31-24-12-8-10-21(19-24)9-4-2-3-5-11-22-15-16-23(26-14-7-6-13-25(22)26)20-27-17-18-32-33(28,29)30/h6-8,10,12-16,19,27H,2-5,9,11,17-18,20H2,1H3,(H2,28,29,30). The summed E-state index contributed by atoms with van der Waals surface area (Å²) in [4.78, 5) is 17.5. The maximum absolute atomic E-state index is 10.7. The molecular formula is C26H34NO5P. The van der Waals surface area contributed by atoms with Gasteiger partial charge < -0.3 is 19.8 Å². The topological polar surface area (TPSA) is 88.0 Å². The van der Waals surface area contributed by atoms with Gasteiger partial charge in [-0.2, -0.15) is 0 Å². The van der Waals surface area contributed by atoms with E-state index in [0.717, 1.165) is 18.6 Å². The zero-order valence-corrected chi connectivity index (χ0v) is 20.1. The van der Waals surface area contributed by atoms with Crippen molar-refractivity contribution in [2.45, 2.75) is 45.1 Å². The van der Waals surface area contributed by atoms with Crippen molar-refractivity contribution in [2.75, 3.05) is 20.3 Å². The van der Waals surface area contributed by atoms with Crippen LogP contribution in [0, 0.1) is 0 Å². The van der Waals surface area contributed by atoms with Crippen LogP contribution >= 0.6 is 7.82 Å². The van der Waals surface area contributed by atoms with Crippen LogP contribution in [0.3, 0.4) is 0 Å². The lowest BCUT2D eigenvalue weighted by Crippen LogP contribution is -2.19. The van der Waals surface area contributed by atoms with Gasteiger partial charge in [0.05, 0.1) is 13.7 Å². The van der Waals surface area contributed by atoms with E-state index in [2.05, 4.69) is 58.4 Å². The number of benzene rings is 3. The Balaban J connectivity index is 1.45. The van der Waals surface area contributed by atoms with E-state index >= 15 is 0 Å². The molecule has 0 heterocycles. The van der Waals surface area contributed by atoms with E-state index in [-0.39, 0.29) is 6.61 Å². The number of hydrogen-bond donors (Lipinski definition) is 3. The van der Waals surface area contributed by atoms with E-state index in [4.69, 9.17) is 14.5 Å². The van der Waals surface area contributed by atoms with Gasteiger partial charge in [-0.25, -0.2) is 4.57 Å². The Kier molecular flexibility index (Phi) is 9.92. The summed E-state index contributed by atoms with van der Waals surface area (Å²) in [6.45, 7) is 0.963. The summed E-state index contributed by atoms with van der Waals surface area (Å²) in [5.41, 5.74) is 3.87. The van der Waals surface area contributed by atoms with Crippen molar-refractivity contribution in [1.29, 1.82) is 0 Å². The summed E-state index contributed by atoms with van der Waals surface area (Å²) in [5, 5.41) is 5.69. The van der Waals surface area contributed by atoms with E-state index in [1.165, 1.54) is 53.1 Å². The molecule has 6 nitrogen and oxygen atoms in total. The average Bonchev–Trinajstić information content (AvgIpc) is 2.81. The fourth-order valence-corrected chi connectivity index (χ4v) is 4.41. The van der Waals surface area contributed by atoms with Gasteiger partial charge in [0.2, 0.25) is 0 Å². The molecule has 33 heavy (non-hydrogen) atoms. The van der Waals surface area contributed by atoms with Crippen molar-refractivity contribution in [2.24, 2.45) is 0 Å². The monoisotopic (exact) mass is 471 g/mol. The van der Waals surface area contributed by atoms with Gasteiger partial charge in [0, 0.05) is 13.1 Å². The number of methoxy groups -OCH3 is 1. The summed E-state index contributed by atoms with van der Waals surface area (Å²) in [6.07, 6.45) is 6.92. The lowest BCUT2D eigenvalue weighted by Gasteiger charge is -2.13. The fourth-order valence-electron chi connectivity index (χ4n) is 4.08. The van der Waals surface area contributed by atoms with E-state index < -0.39 is 7.82 Å². The first kappa shape index (κ1) is 25.4. The maximum Gasteiger partial charge on any atom is 0.469 e. The Morgan fingerprint density at radius 2 is 1.55 bits per heavy atom. The first-order chi connectivity index (χ1) is 16.0. The molecule has 3 N–H and O–H groups in total. The Bertz CT molecular complexity index is 1070. The summed E-state index contributed by atoms with van der Waals surface area (Å²) in [5.74, 6) is 0.924. The highest BCUT2D eigenvalue weighted by Gasteiger charge is 2.12. The molecule has 0 aliphatic heterocycles. The molecule has 0 radical (unpaired) electrons. The number of unbranched alkanes of at least 4 members (excludes halogenated alkanes) is 3. The fraction of sp³-hybridized carbons (Fsp3) is 0.385. The number of aryl methyl sites for hydroxylation is 2. The van der Waals surface area contributed by atoms with Crippen molar-refractivity contribution < 1.29 is 23.6 Å². The van der Waals surface area contributed by atoms with Crippen molar-refractivity contribution >= 4 is 18.6 Å². The van der Waals surface area contributed by atoms with Crippen molar-refractivity contribution in [1.82, 2.24) is 5.32 Å². The molecule has 0 spiro atoms. The zero-order valence-electron chi connectivity index (χ0n) is 19.2. The van der Waals surface area contributed by atoms with Gasteiger partial charge in [0.15, 0.2) is 0 Å². The predicted octanol–water partition coefficient (Wildman–Crippen LogP) is 5.39. The summed E-state index contributed by atoms with van der Waals surface area (Å²) >= 11 is 0. The second kappa shape index (κ2) is 12.9. The lowest BCUT2D eigenvalue weighted by molar-refractivity contribution is 0.197. The van der Waals surface area contributed by atoms with Gasteiger partial charge in [0.25, 0.3) is 0 Å². The molecule has 3 aromatic rings. The van der Waals surface area contributed by atoms with Gasteiger partial charge in [-0.15, -0.1) is 0 Å². The van der Waals surface area contributed by atoms with E-state index in [1.54, 1.807) is 7.11 Å². The van der Waals surface area contributed by atoms with E-state index in [9.17, 15) is 4.57 Å². The minimum absolute atomic E-state index is 0.0297. The lowest BCUT2D eigenvalue weighted by atomic mass is 9.95. The molecule has 0 saturated heterocycles. The van der Waals surface area contributed by atoms with Crippen LogP contribution in [-0.2, 0) is 28.5 Å². The predicted molar refractivity (Wildman–Crippen MR) is 133 cm³/mol. The molecule has 0 saturated carbocycles. The molecule has 0 amide bonds. The number of fused-ring (bicyclic) bond motifs is 1. The maximum atomic E-state index is 10.7. The van der Waals surface area contributed by atoms with E-state index in [0.29, 0.717) is 13.1 Å². The minimum Gasteiger partial charge on any atom is -0.497 e. The number of phosphoric ester groups is 1. The number of phosphoric acid groups is 1. The van der Waals surface area contributed by atoms with Crippen LogP contribution in [0.25, 0.3) is 10.8 Å². The molecule has 0 bridgehead atoms. The van der Waals surface area contributed by atoms with E-state index in [1.807, 2.05) is 12.1 Å². The van der Waals surface area contributed by atoms with Crippen LogP contribution in [0.2, 0.25) is 0 Å². The average molecular weight is 472 g/mol. The molecule has 178 valence electrons. The van der Waals surface area contributed by atoms with Gasteiger partial charge in [-0.05, 0) is 65.3 Å². The molecule has 0 atom stereocenters. The second-order valence-corrected chi connectivity index (χ2v) is 9.44. The van der Waals surface area contributed by atoms with Crippen LogP contribution < -0.4 is 10.1 Å². The number of hydrogen-bond acceptors (Lipinski definition) is 4. The molecule has 3 rings (SSSR count). The Morgan fingerprint density at radius 3 is 2.27 bits per heavy atom. The van der Waals surface area contributed by atoms with Gasteiger partial charge in [0.1, 0.15) is 5.75 Å². The van der Waals surface area contributed by atoms with Crippen LogP contribution in [-0.4, -0.2) is 30.0 Å². The molecule has 0 aliphatic rings. The first-order valence-electron chi connectivity index (χ1n) is 11.5. The van der Waals surface area contributed by atoms with Crippen molar-refractivity contribution in [3.8, 4) is 5.75 Å². The molecular weight excluding hydrogens is 437 g/mol. The normalized spacial score (nSPS) is 11.7. The van der Waals surface area contributed by atoms with Gasteiger partial charge >= 0.3 is 7.82 Å². The highest BCUT2D eigenvalue weighted by atomic mass is 31.2. The Labute approximate surface area is 196 Å². The van der Waals surface area contributed by atoms with Crippen molar-refractivity contribution in [3.05, 3.63) is 77.4 Å². The number of ether oxygens (including phenoxy) is 1. The molecule has 0 aromatic heterocycles. The van der Waals surface area contributed by atoms with Crippen LogP contribution in [0.1, 0.15) is 42.4 Å². The highest BCUT2D eigenvalue weighted by molar-refractivity contribution is 7.46. The molecule has 0 unspecified atom stereocenters. The SMILES string of the molecule is COc1cccc(CCCCCCc2ccc(CNCCOP(=O)(O)O)c3ccccc23)c1. The smallest absolute Gasteiger partial charge is 0.469 e. The van der Waals surface area contributed by atoms with Crippen molar-refractivity contribution in [3.63, 3.8) is 0 Å². The van der Waals surface area contributed by atoms with Crippen LogP contribution in [0.15, 0.2) is 60.7 Å². The largest absolute Gasteiger partial charge is 0.497 e. The number of nitrogens with one attached hydrogen (secondary N) is 1. The second-order valence-electron chi connectivity index (χ2n) is 8.20. The number of rotatable bonds is 14. The quantitative estimate of drug-likeness (QED) is 0.216. The summed E-state index contributed by atoms with van der Waals surface area (Å²) < 4.78 is 20.5. The first-order valence-corrected chi connectivity index (χ1v) is 13.0. The summed E-state index contributed by atoms with van der Waals surface area (Å²) in [6, 6.07) is 21.1. The van der Waals surface area contributed by atoms with Gasteiger partial charge in [-0.1, -0.05) is 61.4 Å². The third kappa shape index (κ3) is 8.58. The Hall–Kier alpha value is -2.21. The molecule has 3 aromatic carbocycles. The molecule has 0 aliphatic carbocycles. The zero-order chi connectivity index (χ0) is 23.5.